The van der Waals surface area contributed by atoms with E-state index in [2.05, 4.69) is 15.5 Å². The highest BCUT2D eigenvalue weighted by atomic mass is 35.5. The van der Waals surface area contributed by atoms with Crippen LogP contribution in [0.25, 0.3) is 20.5 Å². The quantitative estimate of drug-likeness (QED) is 0.622. The van der Waals surface area contributed by atoms with Crippen molar-refractivity contribution in [2.45, 2.75) is 0 Å². The van der Waals surface area contributed by atoms with Crippen LogP contribution < -0.4 is 11.1 Å². The van der Waals surface area contributed by atoms with Crippen LogP contribution in [-0.2, 0) is 4.18 Å². The average molecular weight is 403 g/mol. The van der Waals surface area contributed by atoms with Crippen LogP contribution in [-0.4, -0.2) is 16.1 Å². The summed E-state index contributed by atoms with van der Waals surface area (Å²) in [5, 5.41) is 13.5. The summed E-state index contributed by atoms with van der Waals surface area (Å²) >= 11 is 8.57. The van der Waals surface area contributed by atoms with E-state index < -0.39 is 5.91 Å². The molecule has 0 unspecified atom stereocenters. The molecule has 0 aliphatic carbocycles. The third-order valence-corrected chi connectivity index (χ3v) is 5.64. The number of hydrogen-bond donors (Lipinski definition) is 2. The van der Waals surface area contributed by atoms with Gasteiger partial charge in [0.25, 0.3) is 5.91 Å². The Hall–Kier alpha value is -2.55. The van der Waals surface area contributed by atoms with Gasteiger partial charge in [0.05, 0.1) is 4.70 Å². The van der Waals surface area contributed by atoms with Gasteiger partial charge in [0.2, 0.25) is 0 Å². The summed E-state index contributed by atoms with van der Waals surface area (Å²) in [6.07, 6.45) is 5.21. The normalized spacial score (nSPS) is 13.3. The van der Waals surface area contributed by atoms with Gasteiger partial charge in [0.1, 0.15) is 23.3 Å². The number of amides is 1. The lowest BCUT2D eigenvalue weighted by atomic mass is 10.1. The Bertz CT molecular complexity index is 1060. The van der Waals surface area contributed by atoms with Crippen LogP contribution in [0.4, 0.5) is 5.82 Å². The Morgan fingerprint density at radius 2 is 2.04 bits per heavy atom. The summed E-state index contributed by atoms with van der Waals surface area (Å²) in [7, 11) is 0. The molecule has 2 aromatic heterocycles. The minimum Gasteiger partial charge on any atom is -0.427 e. The van der Waals surface area contributed by atoms with Gasteiger partial charge < -0.3 is 15.2 Å². The molecule has 1 aliphatic heterocycles. The summed E-state index contributed by atoms with van der Waals surface area (Å²) in [5.41, 5.74) is 6.60. The molecule has 9 heteroatoms. The van der Waals surface area contributed by atoms with Crippen LogP contribution in [0.1, 0.15) is 10.5 Å². The second kappa shape index (κ2) is 6.99. The van der Waals surface area contributed by atoms with Crippen molar-refractivity contribution in [3.05, 3.63) is 64.5 Å². The highest BCUT2D eigenvalue weighted by Gasteiger charge is 2.18. The van der Waals surface area contributed by atoms with Crippen molar-refractivity contribution in [1.29, 1.82) is 0 Å². The maximum atomic E-state index is 11.8. The Kier molecular flexibility index (Phi) is 4.54. The molecule has 0 bridgehead atoms. The number of carbonyl (C=O) groups is 1. The van der Waals surface area contributed by atoms with Crippen LogP contribution in [0.5, 0.6) is 0 Å². The molecule has 3 heterocycles. The Balaban J connectivity index is 1.84. The summed E-state index contributed by atoms with van der Waals surface area (Å²) in [6.45, 7) is 0. The first kappa shape index (κ1) is 16.9. The Morgan fingerprint density at radius 1 is 1.23 bits per heavy atom. The second-order valence-corrected chi connectivity index (χ2v) is 7.57. The lowest BCUT2D eigenvalue weighted by molar-refractivity contribution is 0.0996. The van der Waals surface area contributed by atoms with Crippen LogP contribution in [0, 0.1) is 0 Å². The summed E-state index contributed by atoms with van der Waals surface area (Å²) in [4.78, 5) is 12.7. The topological polar surface area (TPSA) is 90.1 Å². The van der Waals surface area contributed by atoms with Crippen LogP contribution >= 0.6 is 35.0 Å². The van der Waals surface area contributed by atoms with Crippen molar-refractivity contribution < 1.29 is 8.98 Å². The number of nitrogens with two attached hydrogens (primary N) is 1. The number of allylic oxidation sites excluding steroid dienone is 2. The van der Waals surface area contributed by atoms with E-state index in [4.69, 9.17) is 21.5 Å². The van der Waals surface area contributed by atoms with E-state index in [0.717, 1.165) is 20.9 Å². The van der Waals surface area contributed by atoms with E-state index in [9.17, 15) is 4.79 Å². The summed E-state index contributed by atoms with van der Waals surface area (Å²) in [5.74, 6) is -0.0878. The molecule has 26 heavy (non-hydrogen) atoms. The number of carbonyl (C=O) groups excluding carboxylic acids is 1. The number of hydrogen-bond acceptors (Lipinski definition) is 7. The van der Waals surface area contributed by atoms with Gasteiger partial charge >= 0.3 is 0 Å². The molecule has 0 saturated carbocycles. The lowest BCUT2D eigenvalue weighted by Gasteiger charge is -2.11. The molecular weight excluding hydrogens is 392 g/mol. The molecule has 0 radical (unpaired) electrons. The first-order valence-electron chi connectivity index (χ1n) is 7.45. The van der Waals surface area contributed by atoms with Gasteiger partial charge in [-0.1, -0.05) is 23.7 Å². The number of anilines is 1. The monoisotopic (exact) mass is 402 g/mol. The molecule has 1 aromatic carbocycles. The van der Waals surface area contributed by atoms with E-state index >= 15 is 0 Å². The van der Waals surface area contributed by atoms with Crippen molar-refractivity contribution in [2.75, 3.05) is 5.32 Å². The van der Waals surface area contributed by atoms with Gasteiger partial charge in [-0.25, -0.2) is 0 Å². The number of primary amides is 1. The Labute approximate surface area is 161 Å². The van der Waals surface area contributed by atoms with Gasteiger partial charge in [-0.3, -0.25) is 4.79 Å². The predicted octanol–water partition coefficient (Wildman–Crippen LogP) is 4.56. The number of rotatable bonds is 4. The van der Waals surface area contributed by atoms with Crippen LogP contribution in [0.15, 0.2) is 53.8 Å². The van der Waals surface area contributed by atoms with Crippen molar-refractivity contribution >= 4 is 56.8 Å². The molecule has 0 fully saturated rings. The van der Waals surface area contributed by atoms with Gasteiger partial charge in [-0.05, 0) is 35.9 Å². The maximum Gasteiger partial charge on any atom is 0.270 e. The first-order valence-corrected chi connectivity index (χ1v) is 9.38. The molecule has 0 spiro atoms. The Morgan fingerprint density at radius 3 is 2.73 bits per heavy atom. The molecule has 3 N–H and O–H groups in total. The molecule has 4 rings (SSSR count). The van der Waals surface area contributed by atoms with Gasteiger partial charge in [0.15, 0.2) is 11.5 Å². The number of nitrogens with one attached hydrogen (secondary N) is 1. The van der Waals surface area contributed by atoms with E-state index in [-0.39, 0.29) is 5.69 Å². The van der Waals surface area contributed by atoms with Crippen molar-refractivity contribution in [3.8, 4) is 10.4 Å². The zero-order valence-corrected chi connectivity index (χ0v) is 15.5. The molecule has 6 nitrogen and oxygen atoms in total. The maximum absolute atomic E-state index is 11.8. The van der Waals surface area contributed by atoms with Crippen molar-refractivity contribution in [3.63, 3.8) is 0 Å². The fraction of sp³-hybridized carbons (Fsp3) is 0. The average Bonchev–Trinajstić information content (AvgIpc) is 3.09. The van der Waals surface area contributed by atoms with Gasteiger partial charge in [-0.15, -0.1) is 21.5 Å². The molecule has 1 aliphatic rings. The standard InChI is InChI=1S/C17H11ClN4O2S2/c18-10-5-3-9(4-6-10)12-8-11-15(25-12)14(16(19)23)21-22-17(11)20-13-2-1-7-24-26-13/h1-8H,(H2,19,23)(H,20,22). The van der Waals surface area contributed by atoms with Crippen LogP contribution in [0.2, 0.25) is 5.02 Å². The number of benzene rings is 1. The predicted molar refractivity (Wildman–Crippen MR) is 106 cm³/mol. The van der Waals surface area contributed by atoms with E-state index in [0.29, 0.717) is 15.5 Å². The van der Waals surface area contributed by atoms with Crippen molar-refractivity contribution in [1.82, 2.24) is 10.2 Å². The second-order valence-electron chi connectivity index (χ2n) is 5.29. The zero-order chi connectivity index (χ0) is 18.1. The number of halogens is 1. The van der Waals surface area contributed by atoms with Gasteiger partial charge in [0, 0.05) is 15.3 Å². The minimum absolute atomic E-state index is 0.150. The summed E-state index contributed by atoms with van der Waals surface area (Å²) < 4.78 is 5.87. The lowest BCUT2D eigenvalue weighted by Crippen LogP contribution is -2.14. The SMILES string of the molecule is NC(=O)c1nnc(NC2=CC=COS2)c2cc(-c3ccc(Cl)cc3)sc12. The van der Waals surface area contributed by atoms with E-state index in [1.807, 2.05) is 36.4 Å². The highest BCUT2D eigenvalue weighted by molar-refractivity contribution is 7.98. The number of nitrogens with zero attached hydrogens (tertiary/aromatic N) is 2. The number of fused-ring (bicyclic) bond motifs is 1. The molecule has 1 amide bonds. The largest absolute Gasteiger partial charge is 0.427 e. The minimum atomic E-state index is -0.615. The van der Waals surface area contributed by atoms with E-state index in [1.54, 1.807) is 12.3 Å². The van der Waals surface area contributed by atoms with E-state index in [1.165, 1.54) is 23.4 Å². The fourth-order valence-corrected chi connectivity index (χ4v) is 4.17. The fourth-order valence-electron chi connectivity index (χ4n) is 2.40. The molecule has 130 valence electrons. The third-order valence-electron chi connectivity index (χ3n) is 3.58. The number of aromatic nitrogens is 2. The molecular formula is C17H11ClN4O2S2. The summed E-state index contributed by atoms with van der Waals surface area (Å²) in [6, 6.07) is 9.43. The van der Waals surface area contributed by atoms with Gasteiger partial charge in [-0.2, -0.15) is 0 Å². The molecule has 3 aromatic rings. The first-order chi connectivity index (χ1) is 12.6. The zero-order valence-electron chi connectivity index (χ0n) is 13.1. The highest BCUT2D eigenvalue weighted by Crippen LogP contribution is 2.38. The van der Waals surface area contributed by atoms with Crippen LogP contribution in [0.3, 0.4) is 0 Å². The molecule has 0 atom stereocenters. The van der Waals surface area contributed by atoms with Crippen molar-refractivity contribution in [2.24, 2.45) is 5.73 Å². The smallest absolute Gasteiger partial charge is 0.270 e. The molecule has 0 saturated heterocycles. The number of thiophene rings is 1. The third kappa shape index (κ3) is 3.26.